The van der Waals surface area contributed by atoms with Crippen LogP contribution in [-0.2, 0) is 4.79 Å². The molecule has 0 aliphatic heterocycles. The van der Waals surface area contributed by atoms with Gasteiger partial charge in [0.15, 0.2) is 0 Å². The van der Waals surface area contributed by atoms with Gasteiger partial charge in [0.1, 0.15) is 0 Å². The third kappa shape index (κ3) is 3.31. The van der Waals surface area contributed by atoms with Crippen LogP contribution in [0, 0.1) is 22.7 Å². The SMILES string of the molecule is CC(=CC(=O)O)CC[C@@H]1C(C)=CC[C@@H]2C(C)(C)CCC[C@@]12C. The molecule has 0 unspecified atom stereocenters. The van der Waals surface area contributed by atoms with Crippen molar-refractivity contribution < 1.29 is 9.90 Å². The highest BCUT2D eigenvalue weighted by molar-refractivity contribution is 5.80. The molecule has 0 amide bonds. The molecule has 0 heterocycles. The maximum atomic E-state index is 10.8. The number of carboxylic acid groups (broad SMARTS) is 1. The van der Waals surface area contributed by atoms with Gasteiger partial charge in [-0.2, -0.15) is 0 Å². The van der Waals surface area contributed by atoms with E-state index in [0.717, 1.165) is 24.3 Å². The lowest BCUT2D eigenvalue weighted by atomic mass is 9.48. The number of rotatable bonds is 4. The van der Waals surface area contributed by atoms with Crippen LogP contribution in [0.25, 0.3) is 0 Å². The molecule has 0 radical (unpaired) electrons. The maximum Gasteiger partial charge on any atom is 0.328 e. The number of carbonyl (C=O) groups is 1. The fourth-order valence-electron chi connectivity index (χ4n) is 5.35. The van der Waals surface area contributed by atoms with Gasteiger partial charge in [-0.25, -0.2) is 4.79 Å². The first-order valence-electron chi connectivity index (χ1n) is 8.73. The van der Waals surface area contributed by atoms with Gasteiger partial charge in [0.25, 0.3) is 0 Å². The van der Waals surface area contributed by atoms with Gasteiger partial charge in [0.2, 0.25) is 0 Å². The minimum atomic E-state index is -0.823. The van der Waals surface area contributed by atoms with Crippen LogP contribution >= 0.6 is 0 Å². The second-order valence-corrected chi connectivity index (χ2v) is 8.50. The fraction of sp³-hybridized carbons (Fsp3) is 0.750. The molecular weight excluding hydrogens is 272 g/mol. The molecular formula is C20H32O2. The maximum absolute atomic E-state index is 10.8. The number of hydrogen-bond donors (Lipinski definition) is 1. The van der Waals surface area contributed by atoms with Crippen molar-refractivity contribution in [1.82, 2.24) is 0 Å². The number of allylic oxidation sites excluding steroid dienone is 3. The molecule has 2 aliphatic carbocycles. The van der Waals surface area contributed by atoms with Crippen molar-refractivity contribution in [3.05, 3.63) is 23.3 Å². The van der Waals surface area contributed by atoms with E-state index in [1.165, 1.54) is 37.3 Å². The molecule has 1 saturated carbocycles. The van der Waals surface area contributed by atoms with Crippen molar-refractivity contribution >= 4 is 5.97 Å². The molecule has 1 N–H and O–H groups in total. The van der Waals surface area contributed by atoms with E-state index in [9.17, 15) is 4.79 Å². The van der Waals surface area contributed by atoms with Crippen LogP contribution in [0.2, 0.25) is 0 Å². The zero-order chi connectivity index (χ0) is 16.5. The Morgan fingerprint density at radius 3 is 2.68 bits per heavy atom. The molecule has 22 heavy (non-hydrogen) atoms. The molecule has 0 aromatic heterocycles. The van der Waals surface area contributed by atoms with Gasteiger partial charge >= 0.3 is 5.97 Å². The molecule has 124 valence electrons. The predicted octanol–water partition coefficient (Wildman–Crippen LogP) is 5.60. The summed E-state index contributed by atoms with van der Waals surface area (Å²) in [5, 5.41) is 8.89. The van der Waals surface area contributed by atoms with Crippen molar-refractivity contribution in [2.45, 2.75) is 73.1 Å². The van der Waals surface area contributed by atoms with Crippen LogP contribution < -0.4 is 0 Å². The lowest BCUT2D eigenvalue weighted by Crippen LogP contribution is -2.48. The zero-order valence-electron chi connectivity index (χ0n) is 14.9. The van der Waals surface area contributed by atoms with Gasteiger partial charge in [-0.15, -0.1) is 0 Å². The summed E-state index contributed by atoms with van der Waals surface area (Å²) in [6.45, 7) is 11.6. The van der Waals surface area contributed by atoms with Crippen molar-refractivity contribution in [2.24, 2.45) is 22.7 Å². The predicted molar refractivity (Wildman–Crippen MR) is 91.7 cm³/mol. The summed E-state index contributed by atoms with van der Waals surface area (Å²) in [5.41, 5.74) is 3.32. The molecule has 0 bridgehead atoms. The highest BCUT2D eigenvalue weighted by Crippen LogP contribution is 2.60. The first kappa shape index (κ1) is 17.3. The molecule has 0 aromatic carbocycles. The van der Waals surface area contributed by atoms with E-state index in [-0.39, 0.29) is 0 Å². The Bertz CT molecular complexity index is 498. The summed E-state index contributed by atoms with van der Waals surface area (Å²) >= 11 is 0. The van der Waals surface area contributed by atoms with E-state index in [1.54, 1.807) is 0 Å². The van der Waals surface area contributed by atoms with Crippen LogP contribution in [0.15, 0.2) is 23.3 Å². The summed E-state index contributed by atoms with van der Waals surface area (Å²) in [5.74, 6) is 0.533. The standard InChI is InChI=1S/C20H32O2/c1-14(13-18(21)22)7-9-16-15(2)8-10-17-19(3,4)11-6-12-20(16,17)5/h8,13,16-17H,6-7,9-12H2,1-5H3,(H,21,22)/t16-,17-,20+/m1/s1. The molecule has 2 rings (SSSR count). The second-order valence-electron chi connectivity index (χ2n) is 8.50. The number of aliphatic carboxylic acids is 1. The van der Waals surface area contributed by atoms with Gasteiger partial charge in [0, 0.05) is 6.08 Å². The average molecular weight is 304 g/mol. The summed E-state index contributed by atoms with van der Waals surface area (Å²) in [4.78, 5) is 10.8. The molecule has 0 spiro atoms. The van der Waals surface area contributed by atoms with Crippen molar-refractivity contribution in [3.63, 3.8) is 0 Å². The molecule has 2 heteroatoms. The van der Waals surface area contributed by atoms with Crippen LogP contribution in [0.4, 0.5) is 0 Å². The highest BCUT2D eigenvalue weighted by Gasteiger charge is 2.51. The molecule has 0 aromatic rings. The quantitative estimate of drug-likeness (QED) is 0.542. The Kier molecular flexibility index (Phi) is 4.89. The Labute approximate surface area is 135 Å². The lowest BCUT2D eigenvalue weighted by molar-refractivity contribution is -0.131. The van der Waals surface area contributed by atoms with E-state index >= 15 is 0 Å². The van der Waals surface area contributed by atoms with Crippen molar-refractivity contribution in [3.8, 4) is 0 Å². The number of hydrogen-bond acceptors (Lipinski definition) is 1. The summed E-state index contributed by atoms with van der Waals surface area (Å²) in [6, 6.07) is 0. The topological polar surface area (TPSA) is 37.3 Å². The highest BCUT2D eigenvalue weighted by atomic mass is 16.4. The zero-order valence-corrected chi connectivity index (χ0v) is 14.9. The van der Waals surface area contributed by atoms with Crippen molar-refractivity contribution in [2.75, 3.05) is 0 Å². The minimum absolute atomic E-state index is 0.379. The third-order valence-electron chi connectivity index (χ3n) is 6.49. The molecule has 1 fully saturated rings. The van der Waals surface area contributed by atoms with Gasteiger partial charge in [-0.05, 0) is 68.6 Å². The van der Waals surface area contributed by atoms with E-state index in [2.05, 4.69) is 33.8 Å². The molecule has 2 aliphatic rings. The Hall–Kier alpha value is -1.05. The molecule has 0 saturated heterocycles. The summed E-state index contributed by atoms with van der Waals surface area (Å²) in [6.07, 6.45) is 11.0. The van der Waals surface area contributed by atoms with Gasteiger partial charge in [-0.3, -0.25) is 0 Å². The lowest BCUT2D eigenvalue weighted by Gasteiger charge is -2.57. The smallest absolute Gasteiger partial charge is 0.328 e. The first-order valence-corrected chi connectivity index (χ1v) is 8.73. The monoisotopic (exact) mass is 304 g/mol. The molecule has 2 nitrogen and oxygen atoms in total. The number of carboxylic acids is 1. The van der Waals surface area contributed by atoms with Crippen LogP contribution in [-0.4, -0.2) is 11.1 Å². The Morgan fingerprint density at radius 1 is 1.36 bits per heavy atom. The first-order chi connectivity index (χ1) is 10.2. The normalized spacial score (nSPS) is 34.8. The minimum Gasteiger partial charge on any atom is -0.478 e. The molecule has 3 atom stereocenters. The van der Waals surface area contributed by atoms with Crippen molar-refractivity contribution in [1.29, 1.82) is 0 Å². The van der Waals surface area contributed by atoms with E-state index in [4.69, 9.17) is 5.11 Å². The fourth-order valence-corrected chi connectivity index (χ4v) is 5.35. The Balaban J connectivity index is 2.20. The van der Waals surface area contributed by atoms with Crippen LogP contribution in [0.3, 0.4) is 0 Å². The van der Waals surface area contributed by atoms with Gasteiger partial charge in [0.05, 0.1) is 0 Å². The van der Waals surface area contributed by atoms with Gasteiger partial charge in [-0.1, -0.05) is 44.4 Å². The average Bonchev–Trinajstić information content (AvgIpc) is 2.35. The van der Waals surface area contributed by atoms with E-state index in [0.29, 0.717) is 16.7 Å². The van der Waals surface area contributed by atoms with Gasteiger partial charge < -0.3 is 5.11 Å². The Morgan fingerprint density at radius 2 is 2.05 bits per heavy atom. The van der Waals surface area contributed by atoms with E-state index < -0.39 is 5.97 Å². The number of fused-ring (bicyclic) bond motifs is 1. The summed E-state index contributed by atoms with van der Waals surface area (Å²) < 4.78 is 0. The van der Waals surface area contributed by atoms with Crippen LogP contribution in [0.1, 0.15) is 73.1 Å². The third-order valence-corrected chi connectivity index (χ3v) is 6.49. The largest absolute Gasteiger partial charge is 0.478 e. The second kappa shape index (κ2) is 6.22. The van der Waals surface area contributed by atoms with E-state index in [1.807, 2.05) is 6.92 Å². The van der Waals surface area contributed by atoms with Crippen LogP contribution in [0.5, 0.6) is 0 Å². The summed E-state index contributed by atoms with van der Waals surface area (Å²) in [7, 11) is 0.